The molecule has 0 heterocycles. The van der Waals surface area contributed by atoms with Crippen LogP contribution in [0.5, 0.6) is 0 Å². The highest BCUT2D eigenvalue weighted by molar-refractivity contribution is 5.65. The molecule has 4 aliphatic carbocycles. The van der Waals surface area contributed by atoms with Crippen molar-refractivity contribution in [3.05, 3.63) is 119 Å². The van der Waals surface area contributed by atoms with E-state index in [9.17, 15) is 9.90 Å². The molecule has 0 radical (unpaired) electrons. The van der Waals surface area contributed by atoms with E-state index >= 15 is 0 Å². The summed E-state index contributed by atoms with van der Waals surface area (Å²) in [7, 11) is 0. The molecular weight excluding hydrogens is 721 g/mol. The quantitative estimate of drug-likeness (QED) is 0.108. The Balaban J connectivity index is 1.18. The van der Waals surface area contributed by atoms with E-state index in [0.717, 1.165) is 44.9 Å². The van der Waals surface area contributed by atoms with Crippen molar-refractivity contribution in [3.8, 4) is 0 Å². The number of carbonyl (C=O) groups excluding carboxylic acids is 1. The minimum atomic E-state index is -0.462. The van der Waals surface area contributed by atoms with Crippen LogP contribution in [0.25, 0.3) is 0 Å². The molecule has 0 saturated heterocycles. The second-order valence-electron chi connectivity index (χ2n) is 19.2. The van der Waals surface area contributed by atoms with Crippen molar-refractivity contribution < 1.29 is 28.8 Å². The highest BCUT2D eigenvalue weighted by Gasteiger charge is 2.65. The number of allylic oxidation sites excluding steroid dienone is 1. The molecule has 12 atom stereocenters. The maximum absolute atomic E-state index is 12.0. The summed E-state index contributed by atoms with van der Waals surface area (Å²) in [5.74, 6) is 1.98. The largest absolute Gasteiger partial charge is 0.466 e. The molecule has 0 aliphatic heterocycles. The highest BCUT2D eigenvalue weighted by Crippen LogP contribution is 2.68. The Morgan fingerprint density at radius 2 is 1.31 bits per heavy atom. The predicted molar refractivity (Wildman–Crippen MR) is 230 cm³/mol. The van der Waals surface area contributed by atoms with Crippen LogP contribution in [0.3, 0.4) is 0 Å². The van der Waals surface area contributed by atoms with Gasteiger partial charge in [-0.2, -0.15) is 0 Å². The molecule has 0 amide bonds. The van der Waals surface area contributed by atoms with Gasteiger partial charge in [-0.25, -0.2) is 0 Å². The van der Waals surface area contributed by atoms with E-state index in [0.29, 0.717) is 62.4 Å². The average molecular weight is 791 g/mol. The summed E-state index contributed by atoms with van der Waals surface area (Å²) in [5.41, 5.74) is 5.08. The molecule has 0 spiro atoms. The topological polar surface area (TPSA) is 74.2 Å². The number of carbonyl (C=O) groups is 1. The van der Waals surface area contributed by atoms with E-state index in [4.69, 9.17) is 18.9 Å². The molecule has 0 bridgehead atoms. The Hall–Kier alpha value is -3.29. The van der Waals surface area contributed by atoms with E-state index in [1.54, 1.807) is 0 Å². The Bertz CT molecular complexity index is 1780. The molecule has 3 saturated carbocycles. The van der Waals surface area contributed by atoms with Crippen molar-refractivity contribution in [2.75, 3.05) is 6.61 Å². The minimum Gasteiger partial charge on any atom is -0.466 e. The van der Waals surface area contributed by atoms with Crippen LogP contribution in [-0.4, -0.2) is 42.1 Å². The number of benzene rings is 3. The average Bonchev–Trinajstić information content (AvgIpc) is 3.58. The first-order valence-corrected chi connectivity index (χ1v) is 22.5. The van der Waals surface area contributed by atoms with Crippen molar-refractivity contribution in [2.45, 2.75) is 137 Å². The first kappa shape index (κ1) is 42.8. The number of aliphatic hydroxyl groups excluding tert-OH is 1. The van der Waals surface area contributed by atoms with E-state index in [1.807, 2.05) is 0 Å². The zero-order valence-corrected chi connectivity index (χ0v) is 36.1. The van der Waals surface area contributed by atoms with Gasteiger partial charge in [-0.3, -0.25) is 4.79 Å². The van der Waals surface area contributed by atoms with Gasteiger partial charge in [-0.15, -0.1) is 0 Å². The molecule has 6 heteroatoms. The van der Waals surface area contributed by atoms with Gasteiger partial charge in [-0.1, -0.05) is 137 Å². The molecule has 3 aromatic carbocycles. The van der Waals surface area contributed by atoms with Gasteiger partial charge >= 0.3 is 5.97 Å². The number of hydrogen-bond donors (Lipinski definition) is 1. The number of aliphatic hydroxyl groups is 1. The predicted octanol–water partition coefficient (Wildman–Crippen LogP) is 11.2. The minimum absolute atomic E-state index is 0.0375. The summed E-state index contributed by atoms with van der Waals surface area (Å²) in [5, 5.41) is 12.0. The molecule has 58 heavy (non-hydrogen) atoms. The molecule has 314 valence electrons. The second kappa shape index (κ2) is 19.0. The van der Waals surface area contributed by atoms with Gasteiger partial charge in [0.2, 0.25) is 0 Å². The van der Waals surface area contributed by atoms with E-state index in [2.05, 4.69) is 132 Å². The molecule has 1 N–H and O–H groups in total. The van der Waals surface area contributed by atoms with E-state index in [-0.39, 0.29) is 46.9 Å². The third kappa shape index (κ3) is 9.36. The van der Waals surface area contributed by atoms with Gasteiger partial charge in [-0.05, 0) is 114 Å². The van der Waals surface area contributed by atoms with E-state index in [1.165, 1.54) is 29.2 Å². The molecule has 6 nitrogen and oxygen atoms in total. The summed E-state index contributed by atoms with van der Waals surface area (Å²) in [4.78, 5) is 11.5. The fourth-order valence-corrected chi connectivity index (χ4v) is 12.2. The number of hydrogen-bond acceptors (Lipinski definition) is 6. The van der Waals surface area contributed by atoms with Gasteiger partial charge in [0.25, 0.3) is 0 Å². The number of rotatable bonds is 17. The van der Waals surface area contributed by atoms with Crippen LogP contribution >= 0.6 is 0 Å². The SMILES string of the molecule is CC(=O)OCCC(CC(O)C(C)C1=CCC2C3C(CC[C@]12C)[C@@]1(C)CC[C@@H](OCc2ccccc2)CC1[C@@H](OCc1ccccc1)[C@@H]3OCc1ccccc1)C(C)C. The maximum atomic E-state index is 12.0. The second-order valence-corrected chi connectivity index (χ2v) is 19.2. The Labute approximate surface area is 349 Å². The lowest BCUT2D eigenvalue weighted by molar-refractivity contribution is -0.252. The van der Waals surface area contributed by atoms with Crippen molar-refractivity contribution in [1.82, 2.24) is 0 Å². The molecular formula is C52H70O6. The summed E-state index contributed by atoms with van der Waals surface area (Å²) >= 11 is 0. The van der Waals surface area contributed by atoms with Crippen LogP contribution in [0.4, 0.5) is 0 Å². The number of ether oxygens (including phenoxy) is 4. The third-order valence-corrected chi connectivity index (χ3v) is 15.5. The highest BCUT2D eigenvalue weighted by atomic mass is 16.5. The van der Waals surface area contributed by atoms with Gasteiger partial charge in [0.15, 0.2) is 0 Å². The van der Waals surface area contributed by atoms with Gasteiger partial charge in [0.1, 0.15) is 0 Å². The molecule has 3 aromatic rings. The van der Waals surface area contributed by atoms with Crippen LogP contribution < -0.4 is 0 Å². The molecule has 3 fully saturated rings. The van der Waals surface area contributed by atoms with Crippen molar-refractivity contribution >= 4 is 5.97 Å². The molecule has 0 aromatic heterocycles. The summed E-state index contributed by atoms with van der Waals surface area (Å²) in [6.45, 7) is 15.4. The smallest absolute Gasteiger partial charge is 0.302 e. The molecule has 7 unspecified atom stereocenters. The van der Waals surface area contributed by atoms with Crippen molar-refractivity contribution in [1.29, 1.82) is 0 Å². The molecule has 4 aliphatic rings. The van der Waals surface area contributed by atoms with Gasteiger partial charge in [0, 0.05) is 12.8 Å². The summed E-state index contributed by atoms with van der Waals surface area (Å²) in [6.07, 6.45) is 9.97. The zero-order chi connectivity index (χ0) is 40.9. The maximum Gasteiger partial charge on any atom is 0.302 e. The first-order valence-electron chi connectivity index (χ1n) is 22.5. The van der Waals surface area contributed by atoms with Crippen LogP contribution in [-0.2, 0) is 43.6 Å². The summed E-state index contributed by atoms with van der Waals surface area (Å²) < 4.78 is 26.7. The van der Waals surface area contributed by atoms with Crippen LogP contribution in [0, 0.1) is 52.3 Å². The fraction of sp³-hybridized carbons (Fsp3) is 0.596. The normalized spacial score (nSPS) is 32.0. The third-order valence-electron chi connectivity index (χ3n) is 15.5. The number of fused-ring (bicyclic) bond motifs is 5. The van der Waals surface area contributed by atoms with Crippen molar-refractivity contribution in [2.24, 2.45) is 52.3 Å². The number of esters is 1. The Morgan fingerprint density at radius 3 is 1.88 bits per heavy atom. The monoisotopic (exact) mass is 791 g/mol. The lowest BCUT2D eigenvalue weighted by atomic mass is 9.43. The van der Waals surface area contributed by atoms with Crippen LogP contribution in [0.1, 0.15) is 110 Å². The first-order chi connectivity index (χ1) is 28.0. The summed E-state index contributed by atoms with van der Waals surface area (Å²) in [6, 6.07) is 31.9. The van der Waals surface area contributed by atoms with Gasteiger partial charge < -0.3 is 24.1 Å². The van der Waals surface area contributed by atoms with E-state index < -0.39 is 6.10 Å². The lowest BCUT2D eigenvalue weighted by Crippen LogP contribution is -2.65. The fourth-order valence-electron chi connectivity index (χ4n) is 12.2. The van der Waals surface area contributed by atoms with Crippen molar-refractivity contribution in [3.63, 3.8) is 0 Å². The molecule has 7 rings (SSSR count). The Kier molecular flexibility index (Phi) is 14.0. The van der Waals surface area contributed by atoms with Crippen LogP contribution in [0.15, 0.2) is 103 Å². The lowest BCUT2D eigenvalue weighted by Gasteiger charge is -2.65. The Morgan fingerprint density at radius 1 is 0.741 bits per heavy atom. The van der Waals surface area contributed by atoms with Gasteiger partial charge in [0.05, 0.1) is 50.8 Å². The standard InChI is InChI=1S/C52H70O6/c1-35(2)41(26-29-55-37(4)53)30-47(54)36(3)43-22-23-44-48-45(25-28-51(43,44)5)52(6)27-24-42(56-32-38-16-10-7-11-17-38)31-46(52)49(57-33-39-18-12-8-13-19-39)50(48)58-34-40-20-14-9-15-21-40/h7-22,35-36,41-42,44-50,54H,23-34H2,1-6H3/t36?,41?,42-,44?,45?,46?,47?,48?,49-,50-,51-,52-/m1/s1. The van der Waals surface area contributed by atoms with Crippen LogP contribution in [0.2, 0.25) is 0 Å². The zero-order valence-electron chi connectivity index (χ0n) is 36.1.